The number of morpholine rings is 1. The first-order valence-electron chi connectivity index (χ1n) is 9.17. The van der Waals surface area contributed by atoms with Crippen molar-refractivity contribution in [3.63, 3.8) is 0 Å². The molecule has 0 aromatic carbocycles. The van der Waals surface area contributed by atoms with Gasteiger partial charge in [0.25, 0.3) is 0 Å². The number of hydrogen-bond acceptors (Lipinski definition) is 5. The van der Waals surface area contributed by atoms with Crippen LogP contribution in [-0.4, -0.2) is 56.4 Å². The van der Waals surface area contributed by atoms with Gasteiger partial charge in [0.15, 0.2) is 0 Å². The molecular formula is C19H27N5O2. The average molecular weight is 357 g/mol. The van der Waals surface area contributed by atoms with E-state index in [0.717, 1.165) is 41.9 Å². The molecule has 26 heavy (non-hydrogen) atoms. The molecule has 0 bridgehead atoms. The lowest BCUT2D eigenvalue weighted by Crippen LogP contribution is -2.45. The van der Waals surface area contributed by atoms with Gasteiger partial charge in [-0.25, -0.2) is 9.97 Å². The largest absolute Gasteiger partial charge is 0.375 e. The highest BCUT2D eigenvalue weighted by molar-refractivity contribution is 5.76. The second kappa shape index (κ2) is 8.40. The van der Waals surface area contributed by atoms with Crippen molar-refractivity contribution in [3.05, 3.63) is 41.2 Å². The number of hydrogen-bond donors (Lipinski definition) is 0. The van der Waals surface area contributed by atoms with Crippen molar-refractivity contribution in [2.75, 3.05) is 19.7 Å². The first kappa shape index (κ1) is 18.5. The van der Waals surface area contributed by atoms with E-state index in [1.54, 1.807) is 11.0 Å². The Kier molecular flexibility index (Phi) is 5.98. The van der Waals surface area contributed by atoms with E-state index in [0.29, 0.717) is 26.1 Å². The SMILES string of the molecule is Cc1cc(CCC2CN(C(=O)CCc3cn(C)nc3C)CCO2)ncn1. The van der Waals surface area contributed by atoms with Gasteiger partial charge in [-0.05, 0) is 44.7 Å². The molecule has 0 saturated carbocycles. The van der Waals surface area contributed by atoms with Gasteiger partial charge >= 0.3 is 0 Å². The van der Waals surface area contributed by atoms with E-state index in [1.807, 2.05) is 38.1 Å². The monoisotopic (exact) mass is 357 g/mol. The molecule has 3 rings (SSSR count). The molecule has 0 N–H and O–H groups in total. The molecule has 2 aromatic heterocycles. The third-order valence-electron chi connectivity index (χ3n) is 4.80. The number of carbonyl (C=O) groups excluding carboxylic acids is 1. The number of aromatic nitrogens is 4. The van der Waals surface area contributed by atoms with Crippen LogP contribution in [-0.2, 0) is 29.4 Å². The second-order valence-corrected chi connectivity index (χ2v) is 6.94. The molecule has 7 heteroatoms. The third kappa shape index (κ3) is 4.88. The maximum atomic E-state index is 12.6. The number of ether oxygens (including phenoxy) is 1. The lowest BCUT2D eigenvalue weighted by Gasteiger charge is -2.33. The van der Waals surface area contributed by atoms with E-state index in [9.17, 15) is 4.79 Å². The number of carbonyl (C=O) groups is 1. The predicted octanol–water partition coefficient (Wildman–Crippen LogP) is 1.62. The van der Waals surface area contributed by atoms with Gasteiger partial charge in [0.2, 0.25) is 5.91 Å². The molecule has 1 saturated heterocycles. The van der Waals surface area contributed by atoms with Crippen LogP contribution >= 0.6 is 0 Å². The number of aryl methyl sites for hydroxylation is 5. The minimum atomic E-state index is 0.0723. The Labute approximate surface area is 154 Å². The van der Waals surface area contributed by atoms with Gasteiger partial charge in [-0.3, -0.25) is 9.48 Å². The zero-order chi connectivity index (χ0) is 18.5. The van der Waals surface area contributed by atoms with Gasteiger partial charge in [0, 0.05) is 44.1 Å². The maximum absolute atomic E-state index is 12.6. The number of amides is 1. The van der Waals surface area contributed by atoms with Gasteiger partial charge in [-0.2, -0.15) is 5.10 Å². The van der Waals surface area contributed by atoms with Crippen molar-refractivity contribution < 1.29 is 9.53 Å². The van der Waals surface area contributed by atoms with Gasteiger partial charge in [-0.1, -0.05) is 0 Å². The van der Waals surface area contributed by atoms with Crippen LogP contribution < -0.4 is 0 Å². The Balaban J connectivity index is 1.48. The summed E-state index contributed by atoms with van der Waals surface area (Å²) in [5.74, 6) is 0.194. The fourth-order valence-electron chi connectivity index (χ4n) is 3.37. The van der Waals surface area contributed by atoms with Crippen LogP contribution in [0, 0.1) is 13.8 Å². The molecule has 7 nitrogen and oxygen atoms in total. The van der Waals surface area contributed by atoms with Crippen molar-refractivity contribution in [3.8, 4) is 0 Å². The quantitative estimate of drug-likeness (QED) is 0.785. The first-order chi connectivity index (χ1) is 12.5. The molecule has 2 aromatic rings. The Hall–Kier alpha value is -2.28. The lowest BCUT2D eigenvalue weighted by molar-refractivity contribution is -0.138. The van der Waals surface area contributed by atoms with Crippen LogP contribution in [0.15, 0.2) is 18.6 Å². The summed E-state index contributed by atoms with van der Waals surface area (Å²) in [6.45, 7) is 5.89. The van der Waals surface area contributed by atoms with Crippen LogP contribution in [0.5, 0.6) is 0 Å². The molecule has 140 valence electrons. The maximum Gasteiger partial charge on any atom is 0.223 e. The standard InChI is InChI=1S/C19H27N5O2/c1-14-10-17(21-13-20-14)5-6-18-12-24(8-9-26-18)19(25)7-4-16-11-23(3)22-15(16)2/h10-11,13,18H,4-9,12H2,1-3H3. The normalized spacial score (nSPS) is 17.5. The zero-order valence-corrected chi connectivity index (χ0v) is 15.8. The van der Waals surface area contributed by atoms with Crippen molar-refractivity contribution in [1.29, 1.82) is 0 Å². The average Bonchev–Trinajstić information content (AvgIpc) is 2.95. The molecule has 3 heterocycles. The highest BCUT2D eigenvalue weighted by Gasteiger charge is 2.24. The third-order valence-corrected chi connectivity index (χ3v) is 4.80. The summed E-state index contributed by atoms with van der Waals surface area (Å²) in [6.07, 6.45) is 6.62. The summed E-state index contributed by atoms with van der Waals surface area (Å²) < 4.78 is 7.65. The molecular weight excluding hydrogens is 330 g/mol. The fourth-order valence-corrected chi connectivity index (χ4v) is 3.37. The molecule has 0 aliphatic carbocycles. The highest BCUT2D eigenvalue weighted by atomic mass is 16.5. The summed E-state index contributed by atoms with van der Waals surface area (Å²) in [5.41, 5.74) is 4.14. The summed E-state index contributed by atoms with van der Waals surface area (Å²) in [6, 6.07) is 2.00. The van der Waals surface area contributed by atoms with Crippen LogP contribution in [0.3, 0.4) is 0 Å². The van der Waals surface area contributed by atoms with E-state index < -0.39 is 0 Å². The van der Waals surface area contributed by atoms with Crippen LogP contribution in [0.2, 0.25) is 0 Å². The minimum absolute atomic E-state index is 0.0723. The van der Waals surface area contributed by atoms with Crippen molar-refractivity contribution >= 4 is 5.91 Å². The fraction of sp³-hybridized carbons (Fsp3) is 0.579. The molecule has 0 spiro atoms. The van der Waals surface area contributed by atoms with Gasteiger partial charge in [-0.15, -0.1) is 0 Å². The van der Waals surface area contributed by atoms with Gasteiger partial charge in [0.1, 0.15) is 6.33 Å². The summed E-state index contributed by atoms with van der Waals surface area (Å²) in [4.78, 5) is 22.9. The molecule has 0 radical (unpaired) electrons. The van der Waals surface area contributed by atoms with Crippen LogP contribution in [0.4, 0.5) is 0 Å². The smallest absolute Gasteiger partial charge is 0.223 e. The Morgan fingerprint density at radius 3 is 2.88 bits per heavy atom. The summed E-state index contributed by atoms with van der Waals surface area (Å²) >= 11 is 0. The van der Waals surface area contributed by atoms with E-state index in [2.05, 4.69) is 15.1 Å². The van der Waals surface area contributed by atoms with Crippen LogP contribution in [0.1, 0.15) is 35.5 Å². The predicted molar refractivity (Wildman–Crippen MR) is 97.7 cm³/mol. The van der Waals surface area contributed by atoms with Crippen LogP contribution in [0.25, 0.3) is 0 Å². The van der Waals surface area contributed by atoms with E-state index in [4.69, 9.17) is 4.74 Å². The van der Waals surface area contributed by atoms with E-state index in [-0.39, 0.29) is 12.0 Å². The molecule has 1 fully saturated rings. The molecule has 1 amide bonds. The van der Waals surface area contributed by atoms with Gasteiger partial charge < -0.3 is 9.64 Å². The van der Waals surface area contributed by atoms with E-state index in [1.165, 1.54) is 0 Å². The summed E-state index contributed by atoms with van der Waals surface area (Å²) in [7, 11) is 1.91. The number of rotatable bonds is 6. The topological polar surface area (TPSA) is 73.1 Å². The zero-order valence-electron chi connectivity index (χ0n) is 15.8. The van der Waals surface area contributed by atoms with Crippen molar-refractivity contribution in [2.45, 2.75) is 45.6 Å². The first-order valence-corrected chi connectivity index (χ1v) is 9.17. The summed E-state index contributed by atoms with van der Waals surface area (Å²) in [5, 5.41) is 4.33. The Morgan fingerprint density at radius 2 is 2.15 bits per heavy atom. The molecule has 1 aliphatic heterocycles. The van der Waals surface area contributed by atoms with Crippen molar-refractivity contribution in [1.82, 2.24) is 24.6 Å². The van der Waals surface area contributed by atoms with Gasteiger partial charge in [0.05, 0.1) is 18.4 Å². The second-order valence-electron chi connectivity index (χ2n) is 6.94. The van der Waals surface area contributed by atoms with E-state index >= 15 is 0 Å². The Bertz CT molecular complexity index is 758. The molecule has 1 aliphatic rings. The minimum Gasteiger partial charge on any atom is -0.375 e. The lowest BCUT2D eigenvalue weighted by atomic mass is 10.1. The Morgan fingerprint density at radius 1 is 1.31 bits per heavy atom. The number of nitrogens with zero attached hydrogens (tertiary/aromatic N) is 5. The molecule has 1 atom stereocenters. The van der Waals surface area contributed by atoms with Crippen molar-refractivity contribution in [2.24, 2.45) is 7.05 Å². The highest BCUT2D eigenvalue weighted by Crippen LogP contribution is 2.14. The molecule has 1 unspecified atom stereocenters.